The number of carbonyl (C=O) groups is 1. The number of halogens is 2. The van der Waals surface area contributed by atoms with E-state index in [0.717, 1.165) is 11.3 Å². The molecule has 0 spiro atoms. The Balaban J connectivity index is 1.77. The molecule has 2 aromatic carbocycles. The number of ketones is 1. The van der Waals surface area contributed by atoms with Gasteiger partial charge in [0.1, 0.15) is 0 Å². The smallest absolute Gasteiger partial charge is 0.187 e. The lowest BCUT2D eigenvalue weighted by atomic mass is 10.1. The van der Waals surface area contributed by atoms with Crippen molar-refractivity contribution in [1.82, 2.24) is 9.55 Å². The van der Waals surface area contributed by atoms with Crippen molar-refractivity contribution < 1.29 is 4.79 Å². The second-order valence-electron chi connectivity index (χ2n) is 4.88. The van der Waals surface area contributed by atoms with Gasteiger partial charge in [-0.3, -0.25) is 4.79 Å². The van der Waals surface area contributed by atoms with Crippen molar-refractivity contribution in [1.29, 1.82) is 0 Å². The SMILES string of the molecule is O=C(/C=C/c1ccc(-n2ccnc2)cc1)c1cc(Cl)ccc1Cl. The minimum absolute atomic E-state index is 0.184. The second-order valence-corrected chi connectivity index (χ2v) is 5.73. The number of benzene rings is 2. The molecule has 3 nitrogen and oxygen atoms in total. The molecule has 1 aromatic heterocycles. The number of nitrogens with zero attached hydrogens (tertiary/aromatic N) is 2. The fourth-order valence-electron chi connectivity index (χ4n) is 2.12. The lowest BCUT2D eigenvalue weighted by molar-refractivity contribution is 0.104. The maximum atomic E-state index is 12.2. The van der Waals surface area contributed by atoms with E-state index in [0.29, 0.717) is 15.6 Å². The molecule has 0 N–H and O–H groups in total. The summed E-state index contributed by atoms with van der Waals surface area (Å²) >= 11 is 11.9. The molecule has 0 bridgehead atoms. The Hall–Kier alpha value is -2.36. The number of aromatic nitrogens is 2. The molecule has 3 rings (SSSR count). The van der Waals surface area contributed by atoms with Crippen LogP contribution in [0.2, 0.25) is 10.0 Å². The minimum atomic E-state index is -0.184. The van der Waals surface area contributed by atoms with Crippen LogP contribution in [0.25, 0.3) is 11.8 Å². The quantitative estimate of drug-likeness (QED) is 0.489. The summed E-state index contributed by atoms with van der Waals surface area (Å²) in [7, 11) is 0. The summed E-state index contributed by atoms with van der Waals surface area (Å²) in [4.78, 5) is 16.2. The van der Waals surface area contributed by atoms with Crippen molar-refractivity contribution in [2.75, 3.05) is 0 Å². The average Bonchev–Trinajstić information content (AvgIpc) is 3.10. The van der Waals surface area contributed by atoms with E-state index < -0.39 is 0 Å². The van der Waals surface area contributed by atoms with Gasteiger partial charge in [0.25, 0.3) is 0 Å². The van der Waals surface area contributed by atoms with Crippen LogP contribution in [0.3, 0.4) is 0 Å². The molecule has 0 amide bonds. The molecule has 23 heavy (non-hydrogen) atoms. The van der Waals surface area contributed by atoms with Crippen LogP contribution < -0.4 is 0 Å². The Labute approximate surface area is 143 Å². The average molecular weight is 343 g/mol. The van der Waals surface area contributed by atoms with E-state index in [4.69, 9.17) is 23.2 Å². The Bertz CT molecular complexity index is 853. The van der Waals surface area contributed by atoms with Gasteiger partial charge in [0.05, 0.1) is 11.3 Å². The summed E-state index contributed by atoms with van der Waals surface area (Å²) in [6.45, 7) is 0. The van der Waals surface area contributed by atoms with Gasteiger partial charge in [-0.05, 0) is 42.0 Å². The summed E-state index contributed by atoms with van der Waals surface area (Å²) in [5.74, 6) is -0.184. The monoisotopic (exact) mass is 342 g/mol. The summed E-state index contributed by atoms with van der Waals surface area (Å²) in [6.07, 6.45) is 8.56. The van der Waals surface area contributed by atoms with E-state index in [-0.39, 0.29) is 5.78 Å². The van der Waals surface area contributed by atoms with Crippen LogP contribution >= 0.6 is 23.2 Å². The molecular weight excluding hydrogens is 331 g/mol. The van der Waals surface area contributed by atoms with Gasteiger partial charge in [-0.1, -0.05) is 41.4 Å². The Morgan fingerprint density at radius 3 is 2.57 bits per heavy atom. The highest BCUT2D eigenvalue weighted by molar-refractivity contribution is 6.36. The van der Waals surface area contributed by atoms with Crippen molar-refractivity contribution >= 4 is 35.1 Å². The number of hydrogen-bond donors (Lipinski definition) is 0. The van der Waals surface area contributed by atoms with E-state index in [1.807, 2.05) is 35.0 Å². The predicted octanol–water partition coefficient (Wildman–Crippen LogP) is 5.08. The van der Waals surface area contributed by atoms with E-state index in [9.17, 15) is 4.79 Å². The molecule has 0 aliphatic carbocycles. The molecule has 0 radical (unpaired) electrons. The van der Waals surface area contributed by atoms with Crippen molar-refractivity contribution in [3.63, 3.8) is 0 Å². The van der Waals surface area contributed by atoms with Crippen LogP contribution in [-0.4, -0.2) is 15.3 Å². The van der Waals surface area contributed by atoms with Crippen LogP contribution in [0.4, 0.5) is 0 Å². The standard InChI is InChI=1S/C18H12Cl2N2O/c19-14-4-7-17(20)16(11-14)18(23)8-3-13-1-5-15(6-2-13)22-10-9-21-12-22/h1-12H/b8-3+. The fourth-order valence-corrected chi connectivity index (χ4v) is 2.50. The molecule has 0 aliphatic heterocycles. The van der Waals surface area contributed by atoms with Crippen molar-refractivity contribution in [2.45, 2.75) is 0 Å². The zero-order chi connectivity index (χ0) is 16.2. The Kier molecular flexibility index (Phi) is 4.60. The molecule has 1 heterocycles. The fraction of sp³-hybridized carbons (Fsp3) is 0. The highest BCUT2D eigenvalue weighted by Crippen LogP contribution is 2.21. The van der Waals surface area contributed by atoms with Crippen molar-refractivity contribution in [2.24, 2.45) is 0 Å². The van der Waals surface area contributed by atoms with Gasteiger partial charge < -0.3 is 4.57 Å². The first-order valence-corrected chi connectivity index (χ1v) is 7.65. The molecule has 0 saturated heterocycles. The van der Waals surface area contributed by atoms with Gasteiger partial charge in [-0.2, -0.15) is 0 Å². The third kappa shape index (κ3) is 3.70. The van der Waals surface area contributed by atoms with Gasteiger partial charge >= 0.3 is 0 Å². The lowest BCUT2D eigenvalue weighted by Crippen LogP contribution is -1.95. The molecule has 0 aliphatic rings. The zero-order valence-corrected chi connectivity index (χ0v) is 13.5. The molecule has 5 heteroatoms. The maximum absolute atomic E-state index is 12.2. The lowest BCUT2D eigenvalue weighted by Gasteiger charge is -2.02. The zero-order valence-electron chi connectivity index (χ0n) is 12.0. The third-order valence-corrected chi connectivity index (χ3v) is 3.88. The summed E-state index contributed by atoms with van der Waals surface area (Å²) in [6, 6.07) is 12.6. The molecule has 0 atom stereocenters. The first kappa shape index (κ1) is 15.5. The molecule has 3 aromatic rings. The van der Waals surface area contributed by atoms with E-state index in [1.54, 1.807) is 36.8 Å². The maximum Gasteiger partial charge on any atom is 0.187 e. The number of allylic oxidation sites excluding steroid dienone is 1. The number of hydrogen-bond acceptors (Lipinski definition) is 2. The van der Waals surface area contributed by atoms with Gasteiger partial charge in [0, 0.05) is 28.7 Å². The summed E-state index contributed by atoms with van der Waals surface area (Å²) < 4.78 is 1.91. The topological polar surface area (TPSA) is 34.9 Å². The summed E-state index contributed by atoms with van der Waals surface area (Å²) in [5, 5.41) is 0.871. The Morgan fingerprint density at radius 2 is 1.87 bits per heavy atom. The number of carbonyl (C=O) groups excluding carboxylic acids is 1. The molecular formula is C18H12Cl2N2O. The van der Waals surface area contributed by atoms with Crippen LogP contribution in [0.1, 0.15) is 15.9 Å². The summed E-state index contributed by atoms with van der Waals surface area (Å²) in [5.41, 5.74) is 2.31. The van der Waals surface area contributed by atoms with Crippen LogP contribution in [0.5, 0.6) is 0 Å². The van der Waals surface area contributed by atoms with Gasteiger partial charge in [-0.25, -0.2) is 4.98 Å². The van der Waals surface area contributed by atoms with E-state index in [2.05, 4.69) is 4.98 Å². The van der Waals surface area contributed by atoms with E-state index in [1.165, 1.54) is 6.08 Å². The molecule has 0 saturated carbocycles. The van der Waals surface area contributed by atoms with Gasteiger partial charge in [0.2, 0.25) is 0 Å². The van der Waals surface area contributed by atoms with Crippen LogP contribution in [0, 0.1) is 0 Å². The van der Waals surface area contributed by atoms with Crippen molar-refractivity contribution in [3.8, 4) is 5.69 Å². The molecule has 114 valence electrons. The van der Waals surface area contributed by atoms with Crippen LogP contribution in [0.15, 0.2) is 67.3 Å². The molecule has 0 fully saturated rings. The highest BCUT2D eigenvalue weighted by atomic mass is 35.5. The van der Waals surface area contributed by atoms with Gasteiger partial charge in [0.15, 0.2) is 5.78 Å². The first-order chi connectivity index (χ1) is 11.1. The third-order valence-electron chi connectivity index (χ3n) is 3.32. The largest absolute Gasteiger partial charge is 0.306 e. The number of imidazole rings is 1. The van der Waals surface area contributed by atoms with E-state index >= 15 is 0 Å². The van der Waals surface area contributed by atoms with Gasteiger partial charge in [-0.15, -0.1) is 0 Å². The molecule has 0 unspecified atom stereocenters. The Morgan fingerprint density at radius 1 is 1.09 bits per heavy atom. The predicted molar refractivity (Wildman–Crippen MR) is 93.4 cm³/mol. The first-order valence-electron chi connectivity index (χ1n) is 6.89. The second kappa shape index (κ2) is 6.82. The minimum Gasteiger partial charge on any atom is -0.306 e. The van der Waals surface area contributed by atoms with Crippen LogP contribution in [-0.2, 0) is 0 Å². The van der Waals surface area contributed by atoms with Crippen molar-refractivity contribution in [3.05, 3.63) is 88.4 Å². The number of rotatable bonds is 4. The normalized spacial score (nSPS) is 11.0. The highest BCUT2D eigenvalue weighted by Gasteiger charge is 2.08.